The maximum absolute atomic E-state index is 12.0. The lowest BCUT2D eigenvalue weighted by Crippen LogP contribution is -2.22. The Balaban J connectivity index is 2.07. The van der Waals surface area contributed by atoms with Crippen molar-refractivity contribution in [1.29, 1.82) is 0 Å². The number of carbonyl (C=O) groups excluding carboxylic acids is 2. The van der Waals surface area contributed by atoms with Crippen molar-refractivity contribution in [2.45, 2.75) is 26.7 Å². The minimum Gasteiger partial charge on any atom is -0.319 e. The van der Waals surface area contributed by atoms with E-state index in [1.165, 1.54) is 5.56 Å². The molecular weight excluding hydrogens is 262 g/mol. The highest BCUT2D eigenvalue weighted by molar-refractivity contribution is 6.46. The van der Waals surface area contributed by atoms with Crippen LogP contribution in [0.1, 0.15) is 41.3 Å². The van der Waals surface area contributed by atoms with Crippen LogP contribution in [0.2, 0.25) is 0 Å². The highest BCUT2D eigenvalue weighted by atomic mass is 16.2. The fourth-order valence-corrected chi connectivity index (χ4v) is 1.98. The Morgan fingerprint density at radius 1 is 0.905 bits per heavy atom. The van der Waals surface area contributed by atoms with Gasteiger partial charge in [-0.1, -0.05) is 55.8 Å². The van der Waals surface area contributed by atoms with Gasteiger partial charge in [0.2, 0.25) is 0 Å². The summed E-state index contributed by atoms with van der Waals surface area (Å²) in [5, 5.41) is 2.63. The summed E-state index contributed by atoms with van der Waals surface area (Å²) < 4.78 is 0. The van der Waals surface area contributed by atoms with Gasteiger partial charge in [-0.25, -0.2) is 0 Å². The predicted molar refractivity (Wildman–Crippen MR) is 84.7 cm³/mol. The molecule has 1 amide bonds. The standard InChI is InChI=1S/C18H19NO2/c1-12(2)14-8-10-16(11-9-14)19-18(21)17(20)15-6-4-13(3)5-7-15/h4-12H,1-3H3,(H,19,21). The number of carbonyl (C=O) groups is 2. The summed E-state index contributed by atoms with van der Waals surface area (Å²) in [5.74, 6) is -0.706. The van der Waals surface area contributed by atoms with E-state index in [9.17, 15) is 9.59 Å². The Bertz CT molecular complexity index is 640. The van der Waals surface area contributed by atoms with E-state index in [0.717, 1.165) is 5.56 Å². The van der Waals surface area contributed by atoms with Crippen molar-refractivity contribution in [1.82, 2.24) is 0 Å². The van der Waals surface area contributed by atoms with Gasteiger partial charge in [-0.3, -0.25) is 9.59 Å². The number of benzene rings is 2. The second-order valence-electron chi connectivity index (χ2n) is 5.43. The van der Waals surface area contributed by atoms with Crippen LogP contribution in [0, 0.1) is 6.92 Å². The first-order valence-electron chi connectivity index (χ1n) is 6.99. The van der Waals surface area contributed by atoms with Crippen molar-refractivity contribution in [2.75, 3.05) is 5.32 Å². The number of hydrogen-bond acceptors (Lipinski definition) is 2. The summed E-state index contributed by atoms with van der Waals surface area (Å²) in [4.78, 5) is 24.0. The lowest BCUT2D eigenvalue weighted by molar-refractivity contribution is -0.112. The first-order valence-corrected chi connectivity index (χ1v) is 6.99. The van der Waals surface area contributed by atoms with E-state index >= 15 is 0 Å². The number of nitrogens with one attached hydrogen (secondary N) is 1. The average molecular weight is 281 g/mol. The van der Waals surface area contributed by atoms with E-state index in [0.29, 0.717) is 17.2 Å². The lowest BCUT2D eigenvalue weighted by atomic mass is 10.0. The minimum absolute atomic E-state index is 0.400. The second-order valence-corrected chi connectivity index (χ2v) is 5.43. The van der Waals surface area contributed by atoms with E-state index < -0.39 is 11.7 Å². The maximum Gasteiger partial charge on any atom is 0.296 e. The van der Waals surface area contributed by atoms with Crippen LogP contribution in [0.4, 0.5) is 5.69 Å². The van der Waals surface area contributed by atoms with Gasteiger partial charge in [0.25, 0.3) is 11.7 Å². The molecule has 0 fully saturated rings. The van der Waals surface area contributed by atoms with E-state index in [2.05, 4.69) is 19.2 Å². The lowest BCUT2D eigenvalue weighted by Gasteiger charge is -2.08. The third-order valence-electron chi connectivity index (χ3n) is 3.36. The summed E-state index contributed by atoms with van der Waals surface area (Å²) in [5.41, 5.74) is 3.27. The van der Waals surface area contributed by atoms with Crippen LogP contribution in [-0.4, -0.2) is 11.7 Å². The fourth-order valence-electron chi connectivity index (χ4n) is 1.98. The Morgan fingerprint density at radius 3 is 2.00 bits per heavy atom. The van der Waals surface area contributed by atoms with Crippen LogP contribution in [0.15, 0.2) is 48.5 Å². The molecule has 0 aliphatic rings. The quantitative estimate of drug-likeness (QED) is 0.681. The summed E-state index contributed by atoms with van der Waals surface area (Å²) in [6.45, 7) is 6.15. The number of hydrogen-bond donors (Lipinski definition) is 1. The van der Waals surface area contributed by atoms with E-state index in [-0.39, 0.29) is 0 Å². The van der Waals surface area contributed by atoms with Gasteiger partial charge in [-0.2, -0.15) is 0 Å². The van der Waals surface area contributed by atoms with Gasteiger partial charge in [0.05, 0.1) is 0 Å². The topological polar surface area (TPSA) is 46.2 Å². The van der Waals surface area contributed by atoms with Crippen LogP contribution in [-0.2, 0) is 4.79 Å². The molecule has 0 heterocycles. The molecule has 0 spiro atoms. The van der Waals surface area contributed by atoms with Crippen LogP contribution in [0.5, 0.6) is 0 Å². The molecule has 3 nitrogen and oxygen atoms in total. The van der Waals surface area contributed by atoms with Gasteiger partial charge in [-0.15, -0.1) is 0 Å². The summed E-state index contributed by atoms with van der Waals surface area (Å²) >= 11 is 0. The normalized spacial score (nSPS) is 10.5. The molecule has 0 radical (unpaired) electrons. The van der Waals surface area contributed by atoms with Crippen molar-refractivity contribution < 1.29 is 9.59 Å². The second kappa shape index (κ2) is 6.35. The van der Waals surface area contributed by atoms with Gasteiger partial charge in [-0.05, 0) is 30.5 Å². The zero-order valence-electron chi connectivity index (χ0n) is 12.5. The molecule has 21 heavy (non-hydrogen) atoms. The van der Waals surface area contributed by atoms with Crippen molar-refractivity contribution in [2.24, 2.45) is 0 Å². The van der Waals surface area contributed by atoms with Crippen LogP contribution in [0.25, 0.3) is 0 Å². The first-order chi connectivity index (χ1) is 9.97. The number of amides is 1. The van der Waals surface area contributed by atoms with Crippen molar-refractivity contribution in [3.8, 4) is 0 Å². The Morgan fingerprint density at radius 2 is 1.48 bits per heavy atom. The summed E-state index contributed by atoms with van der Waals surface area (Å²) in [6.07, 6.45) is 0. The maximum atomic E-state index is 12.0. The zero-order valence-corrected chi connectivity index (χ0v) is 12.5. The molecule has 0 saturated carbocycles. The molecule has 0 saturated heterocycles. The smallest absolute Gasteiger partial charge is 0.296 e. The van der Waals surface area contributed by atoms with E-state index in [4.69, 9.17) is 0 Å². The Hall–Kier alpha value is -2.42. The molecule has 108 valence electrons. The molecule has 3 heteroatoms. The molecule has 0 aliphatic heterocycles. The Kier molecular flexibility index (Phi) is 4.53. The summed E-state index contributed by atoms with van der Waals surface area (Å²) in [6, 6.07) is 14.5. The third kappa shape index (κ3) is 3.78. The fraction of sp³-hybridized carbons (Fsp3) is 0.222. The molecule has 0 unspecified atom stereocenters. The van der Waals surface area contributed by atoms with E-state index in [1.807, 2.05) is 43.3 Å². The average Bonchev–Trinajstić information content (AvgIpc) is 2.47. The van der Waals surface area contributed by atoms with Crippen molar-refractivity contribution in [3.63, 3.8) is 0 Å². The largest absolute Gasteiger partial charge is 0.319 e. The number of Topliss-reactive ketones (excluding diaryl/α,β-unsaturated/α-hetero) is 1. The SMILES string of the molecule is Cc1ccc(C(=O)C(=O)Nc2ccc(C(C)C)cc2)cc1. The van der Waals surface area contributed by atoms with Crippen LogP contribution in [0.3, 0.4) is 0 Å². The molecule has 0 bridgehead atoms. The molecular formula is C18H19NO2. The van der Waals surface area contributed by atoms with Gasteiger partial charge < -0.3 is 5.32 Å². The highest BCUT2D eigenvalue weighted by Gasteiger charge is 2.16. The van der Waals surface area contributed by atoms with Gasteiger partial charge in [0.15, 0.2) is 0 Å². The molecule has 1 N–H and O–H groups in total. The molecule has 2 aromatic carbocycles. The number of rotatable bonds is 4. The zero-order chi connectivity index (χ0) is 15.4. The third-order valence-corrected chi connectivity index (χ3v) is 3.36. The molecule has 0 atom stereocenters. The molecule has 0 aliphatic carbocycles. The highest BCUT2D eigenvalue weighted by Crippen LogP contribution is 2.17. The molecule has 2 rings (SSSR count). The monoisotopic (exact) mass is 281 g/mol. The molecule has 0 aromatic heterocycles. The van der Waals surface area contributed by atoms with E-state index in [1.54, 1.807) is 12.1 Å². The van der Waals surface area contributed by atoms with Crippen LogP contribution >= 0.6 is 0 Å². The number of anilines is 1. The van der Waals surface area contributed by atoms with Crippen molar-refractivity contribution in [3.05, 3.63) is 65.2 Å². The molecule has 2 aromatic rings. The predicted octanol–water partition coefficient (Wildman–Crippen LogP) is 3.94. The minimum atomic E-state index is -0.615. The van der Waals surface area contributed by atoms with Crippen molar-refractivity contribution >= 4 is 17.4 Å². The van der Waals surface area contributed by atoms with Gasteiger partial charge >= 0.3 is 0 Å². The van der Waals surface area contributed by atoms with Gasteiger partial charge in [0.1, 0.15) is 0 Å². The van der Waals surface area contributed by atoms with Gasteiger partial charge in [0, 0.05) is 11.3 Å². The van der Waals surface area contributed by atoms with Crippen LogP contribution < -0.4 is 5.32 Å². The number of aryl methyl sites for hydroxylation is 1. The number of ketones is 1. The first kappa shape index (κ1) is 15.0. The Labute approximate surface area is 125 Å². The summed E-state index contributed by atoms with van der Waals surface area (Å²) in [7, 11) is 0.